The predicted octanol–water partition coefficient (Wildman–Crippen LogP) is 1.33. The van der Waals surface area contributed by atoms with Gasteiger partial charge >= 0.3 is 6.03 Å². The molecule has 0 bridgehead atoms. The van der Waals surface area contributed by atoms with Gasteiger partial charge in [0.2, 0.25) is 5.91 Å². The van der Waals surface area contributed by atoms with E-state index in [2.05, 4.69) is 26.1 Å². The Hall–Kier alpha value is -2.61. The van der Waals surface area contributed by atoms with Crippen LogP contribution in [0.4, 0.5) is 4.79 Å². The Bertz CT molecular complexity index is 734. The van der Waals surface area contributed by atoms with Gasteiger partial charge in [-0.25, -0.2) is 4.79 Å². The predicted molar refractivity (Wildman–Crippen MR) is 115 cm³/mol. The number of piperidine rings is 1. The van der Waals surface area contributed by atoms with Crippen LogP contribution >= 0.6 is 0 Å². The molecule has 0 aromatic heterocycles. The number of benzene rings is 1. The van der Waals surface area contributed by atoms with Crippen molar-refractivity contribution in [3.05, 3.63) is 35.4 Å². The van der Waals surface area contributed by atoms with Crippen molar-refractivity contribution >= 4 is 17.8 Å². The monoisotopic (exact) mass is 418 g/mol. The third-order valence-electron chi connectivity index (χ3n) is 5.55. The molecule has 1 fully saturated rings. The van der Waals surface area contributed by atoms with Crippen LogP contribution in [0.25, 0.3) is 0 Å². The zero-order valence-corrected chi connectivity index (χ0v) is 18.2. The standard InChI is InChI=1S/C22H34N4O4/c1-22(2,3)18-6-4-17(5-7-18)20(29)26(13-10-24-21(23)30)14-16-8-11-25(12-9-16)19(28)15-27/h4-7,16,27H,8-15H2,1-3H3,(H3,23,24,30). The van der Waals surface area contributed by atoms with E-state index >= 15 is 0 Å². The third-order valence-corrected chi connectivity index (χ3v) is 5.55. The number of urea groups is 1. The lowest BCUT2D eigenvalue weighted by Gasteiger charge is -2.35. The van der Waals surface area contributed by atoms with E-state index in [9.17, 15) is 14.4 Å². The number of amides is 4. The van der Waals surface area contributed by atoms with E-state index in [4.69, 9.17) is 10.8 Å². The maximum Gasteiger partial charge on any atom is 0.312 e. The minimum atomic E-state index is -0.618. The van der Waals surface area contributed by atoms with Gasteiger partial charge in [0.1, 0.15) is 6.61 Å². The van der Waals surface area contributed by atoms with Crippen molar-refractivity contribution in [1.29, 1.82) is 0 Å². The molecule has 0 radical (unpaired) electrons. The van der Waals surface area contributed by atoms with Crippen molar-refractivity contribution in [2.45, 2.75) is 39.0 Å². The molecular formula is C22H34N4O4. The van der Waals surface area contributed by atoms with Gasteiger partial charge in [0.15, 0.2) is 0 Å². The second kappa shape index (κ2) is 10.4. The first-order valence-electron chi connectivity index (χ1n) is 10.4. The molecule has 0 saturated carbocycles. The minimum absolute atomic E-state index is 0.00659. The zero-order chi connectivity index (χ0) is 22.3. The topological polar surface area (TPSA) is 116 Å². The number of nitrogens with one attached hydrogen (secondary N) is 1. The molecule has 4 amide bonds. The van der Waals surface area contributed by atoms with Crippen LogP contribution in [0.2, 0.25) is 0 Å². The highest BCUT2D eigenvalue weighted by molar-refractivity contribution is 5.94. The molecule has 1 aliphatic heterocycles. The number of rotatable bonds is 7. The fraction of sp³-hybridized carbons (Fsp3) is 0.591. The molecule has 1 saturated heterocycles. The van der Waals surface area contributed by atoms with Gasteiger partial charge in [-0.2, -0.15) is 0 Å². The SMILES string of the molecule is CC(C)(C)c1ccc(C(=O)N(CCNC(N)=O)CC2CCN(C(=O)CO)CC2)cc1. The van der Waals surface area contributed by atoms with E-state index in [0.717, 1.165) is 18.4 Å². The van der Waals surface area contributed by atoms with E-state index in [1.54, 1.807) is 9.80 Å². The second-order valence-corrected chi connectivity index (χ2v) is 8.85. The highest BCUT2D eigenvalue weighted by Gasteiger charge is 2.26. The number of nitrogens with two attached hydrogens (primary N) is 1. The van der Waals surface area contributed by atoms with Gasteiger partial charge in [-0.05, 0) is 41.9 Å². The van der Waals surface area contributed by atoms with Gasteiger partial charge in [0.05, 0.1) is 0 Å². The van der Waals surface area contributed by atoms with Gasteiger partial charge in [-0.15, -0.1) is 0 Å². The summed E-state index contributed by atoms with van der Waals surface area (Å²) in [5.74, 6) is -0.0966. The summed E-state index contributed by atoms with van der Waals surface area (Å²) in [5, 5.41) is 11.6. The summed E-state index contributed by atoms with van der Waals surface area (Å²) < 4.78 is 0. The van der Waals surface area contributed by atoms with Gasteiger partial charge in [-0.3, -0.25) is 9.59 Å². The Labute approximate surface area is 178 Å². The Kier molecular flexibility index (Phi) is 8.23. The summed E-state index contributed by atoms with van der Waals surface area (Å²) in [5.41, 5.74) is 6.92. The van der Waals surface area contributed by atoms with E-state index in [-0.39, 0.29) is 29.7 Å². The summed E-state index contributed by atoms with van der Waals surface area (Å²) >= 11 is 0. The van der Waals surface area contributed by atoms with E-state index in [0.29, 0.717) is 31.7 Å². The van der Waals surface area contributed by atoms with Crippen LogP contribution in [-0.4, -0.2) is 72.1 Å². The number of nitrogens with zero attached hydrogens (tertiary/aromatic N) is 2. The summed E-state index contributed by atoms with van der Waals surface area (Å²) in [4.78, 5) is 39.2. The third kappa shape index (κ3) is 6.73. The van der Waals surface area contributed by atoms with E-state index < -0.39 is 12.6 Å². The molecular weight excluding hydrogens is 384 g/mol. The molecule has 1 heterocycles. The van der Waals surface area contributed by atoms with Crippen molar-refractivity contribution in [2.24, 2.45) is 11.7 Å². The fourth-order valence-electron chi connectivity index (χ4n) is 3.66. The minimum Gasteiger partial charge on any atom is -0.387 e. The maximum absolute atomic E-state index is 13.2. The molecule has 0 atom stereocenters. The van der Waals surface area contributed by atoms with Crippen LogP contribution in [0.15, 0.2) is 24.3 Å². The number of hydrogen-bond donors (Lipinski definition) is 3. The normalized spacial score (nSPS) is 15.0. The summed E-state index contributed by atoms with van der Waals surface area (Å²) in [6.45, 7) is 8.23. The lowest BCUT2D eigenvalue weighted by molar-refractivity contribution is -0.135. The lowest BCUT2D eigenvalue weighted by atomic mass is 9.86. The van der Waals surface area contributed by atoms with Crippen molar-refractivity contribution in [2.75, 3.05) is 39.3 Å². The van der Waals surface area contributed by atoms with Gasteiger partial charge in [-0.1, -0.05) is 32.9 Å². The number of carbonyl (C=O) groups is 3. The van der Waals surface area contributed by atoms with Crippen LogP contribution < -0.4 is 11.1 Å². The summed E-state index contributed by atoms with van der Waals surface area (Å²) in [7, 11) is 0. The number of primary amides is 1. The first-order chi connectivity index (χ1) is 14.1. The van der Waals surface area contributed by atoms with E-state index in [1.807, 2.05) is 24.3 Å². The fourth-order valence-corrected chi connectivity index (χ4v) is 3.66. The molecule has 8 heteroatoms. The smallest absolute Gasteiger partial charge is 0.312 e. The maximum atomic E-state index is 13.2. The van der Waals surface area contributed by atoms with E-state index in [1.165, 1.54) is 0 Å². The molecule has 0 aliphatic carbocycles. The molecule has 1 aliphatic rings. The number of aliphatic hydroxyl groups is 1. The molecule has 0 spiro atoms. The van der Waals surface area contributed by atoms with Crippen LogP contribution in [-0.2, 0) is 10.2 Å². The van der Waals surface area contributed by atoms with Gasteiger partial charge in [0.25, 0.3) is 5.91 Å². The second-order valence-electron chi connectivity index (χ2n) is 8.85. The Morgan fingerprint density at radius 3 is 2.27 bits per heavy atom. The molecule has 8 nitrogen and oxygen atoms in total. The lowest BCUT2D eigenvalue weighted by Crippen LogP contribution is -2.45. The van der Waals surface area contributed by atoms with Gasteiger partial charge in [0, 0.05) is 38.3 Å². The molecule has 0 unspecified atom stereocenters. The number of aliphatic hydroxyl groups excluding tert-OH is 1. The van der Waals surface area contributed by atoms with Gasteiger partial charge < -0.3 is 26.0 Å². The molecule has 4 N–H and O–H groups in total. The first kappa shape index (κ1) is 23.7. The van der Waals surface area contributed by atoms with Crippen molar-refractivity contribution in [3.63, 3.8) is 0 Å². The Morgan fingerprint density at radius 2 is 1.77 bits per heavy atom. The molecule has 1 aromatic rings. The number of likely N-dealkylation sites (tertiary alicyclic amines) is 1. The van der Waals surface area contributed by atoms with Crippen LogP contribution in [0.3, 0.4) is 0 Å². The highest BCUT2D eigenvalue weighted by Crippen LogP contribution is 2.23. The average molecular weight is 419 g/mol. The first-order valence-corrected chi connectivity index (χ1v) is 10.4. The number of carbonyl (C=O) groups excluding carboxylic acids is 3. The molecule has 166 valence electrons. The Morgan fingerprint density at radius 1 is 1.17 bits per heavy atom. The van der Waals surface area contributed by atoms with Crippen LogP contribution in [0.1, 0.15) is 49.5 Å². The van der Waals surface area contributed by atoms with Crippen LogP contribution in [0, 0.1) is 5.92 Å². The quantitative estimate of drug-likeness (QED) is 0.619. The molecule has 1 aromatic carbocycles. The summed E-state index contributed by atoms with van der Waals surface area (Å²) in [6, 6.07) is 7.03. The van der Waals surface area contributed by atoms with Crippen LogP contribution in [0.5, 0.6) is 0 Å². The Balaban J connectivity index is 2.06. The average Bonchev–Trinajstić information content (AvgIpc) is 2.71. The summed E-state index contributed by atoms with van der Waals surface area (Å²) in [6.07, 6.45) is 1.53. The number of hydrogen-bond acceptors (Lipinski definition) is 4. The molecule has 2 rings (SSSR count). The zero-order valence-electron chi connectivity index (χ0n) is 18.2. The highest BCUT2D eigenvalue weighted by atomic mass is 16.3. The van der Waals surface area contributed by atoms with Crippen molar-refractivity contribution in [1.82, 2.24) is 15.1 Å². The van der Waals surface area contributed by atoms with Crippen molar-refractivity contribution < 1.29 is 19.5 Å². The van der Waals surface area contributed by atoms with Crippen molar-refractivity contribution in [3.8, 4) is 0 Å². The molecule has 30 heavy (non-hydrogen) atoms. The largest absolute Gasteiger partial charge is 0.387 e.